The van der Waals surface area contributed by atoms with Gasteiger partial charge in [0.25, 0.3) is 0 Å². The normalized spacial score (nSPS) is 10.8. The lowest BCUT2D eigenvalue weighted by atomic mass is 10.1. The van der Waals surface area contributed by atoms with E-state index in [9.17, 15) is 4.79 Å². The lowest BCUT2D eigenvalue weighted by molar-refractivity contribution is -0.136. The number of carboxylic acids is 1. The minimum absolute atomic E-state index is 0.167. The molecule has 4 nitrogen and oxygen atoms in total. The first-order valence-electron chi connectivity index (χ1n) is 6.59. The second-order valence-electron chi connectivity index (χ2n) is 5.15. The SMILES string of the molecule is Cc1cccc(N(CCC(=O)O)CCN(C)C)c1C. The second-order valence-corrected chi connectivity index (χ2v) is 5.15. The molecule has 0 heterocycles. The molecule has 0 atom stereocenters. The third-order valence-corrected chi connectivity index (χ3v) is 3.33. The predicted molar refractivity (Wildman–Crippen MR) is 78.9 cm³/mol. The zero-order chi connectivity index (χ0) is 14.4. The van der Waals surface area contributed by atoms with E-state index >= 15 is 0 Å². The van der Waals surface area contributed by atoms with Crippen LogP contribution in [0.4, 0.5) is 5.69 Å². The molecule has 1 N–H and O–H groups in total. The summed E-state index contributed by atoms with van der Waals surface area (Å²) in [4.78, 5) is 15.1. The summed E-state index contributed by atoms with van der Waals surface area (Å²) in [5.41, 5.74) is 3.61. The average molecular weight is 264 g/mol. The number of carbonyl (C=O) groups is 1. The van der Waals surface area contributed by atoms with E-state index in [1.54, 1.807) is 0 Å². The number of hydrogen-bond donors (Lipinski definition) is 1. The summed E-state index contributed by atoms with van der Waals surface area (Å²) in [7, 11) is 4.05. The van der Waals surface area contributed by atoms with Crippen molar-refractivity contribution in [2.45, 2.75) is 20.3 Å². The van der Waals surface area contributed by atoms with Gasteiger partial charge in [0, 0.05) is 25.3 Å². The zero-order valence-electron chi connectivity index (χ0n) is 12.3. The molecule has 0 saturated carbocycles. The number of benzene rings is 1. The fraction of sp³-hybridized carbons (Fsp3) is 0.533. The maximum absolute atomic E-state index is 10.8. The summed E-state index contributed by atoms with van der Waals surface area (Å²) in [6.45, 7) is 6.47. The highest BCUT2D eigenvalue weighted by Gasteiger charge is 2.12. The molecular weight excluding hydrogens is 240 g/mol. The Morgan fingerprint density at radius 3 is 2.42 bits per heavy atom. The van der Waals surface area contributed by atoms with Gasteiger partial charge in [-0.05, 0) is 45.1 Å². The standard InChI is InChI=1S/C15H24N2O2/c1-12-6-5-7-14(13(12)2)17(9-8-15(18)19)11-10-16(3)4/h5-7H,8-11H2,1-4H3,(H,18,19). The molecule has 0 bridgehead atoms. The van der Waals surface area contributed by atoms with Gasteiger partial charge in [-0.1, -0.05) is 12.1 Å². The van der Waals surface area contributed by atoms with Crippen LogP contribution in [-0.2, 0) is 4.79 Å². The van der Waals surface area contributed by atoms with Crippen LogP contribution in [0.25, 0.3) is 0 Å². The van der Waals surface area contributed by atoms with Crippen LogP contribution < -0.4 is 4.90 Å². The van der Waals surface area contributed by atoms with Crippen molar-refractivity contribution in [1.82, 2.24) is 4.90 Å². The summed E-state index contributed by atoms with van der Waals surface area (Å²) in [6.07, 6.45) is 0.167. The number of likely N-dealkylation sites (N-methyl/N-ethyl adjacent to an activating group) is 1. The molecular formula is C15H24N2O2. The molecule has 0 aliphatic carbocycles. The van der Waals surface area contributed by atoms with Gasteiger partial charge < -0.3 is 14.9 Å². The third kappa shape index (κ3) is 4.91. The molecule has 0 unspecified atom stereocenters. The minimum atomic E-state index is -0.750. The molecule has 0 spiro atoms. The highest BCUT2D eigenvalue weighted by molar-refractivity contribution is 5.68. The highest BCUT2D eigenvalue weighted by atomic mass is 16.4. The van der Waals surface area contributed by atoms with Gasteiger partial charge >= 0.3 is 5.97 Å². The van der Waals surface area contributed by atoms with Crippen molar-refractivity contribution in [3.05, 3.63) is 29.3 Å². The molecule has 19 heavy (non-hydrogen) atoms. The Balaban J connectivity index is 2.87. The van der Waals surface area contributed by atoms with Crippen LogP contribution in [0.3, 0.4) is 0 Å². The number of hydrogen-bond acceptors (Lipinski definition) is 3. The zero-order valence-corrected chi connectivity index (χ0v) is 12.3. The molecule has 106 valence electrons. The lowest BCUT2D eigenvalue weighted by Gasteiger charge is -2.28. The number of aryl methyl sites for hydroxylation is 1. The Morgan fingerprint density at radius 1 is 1.16 bits per heavy atom. The molecule has 0 aliphatic heterocycles. The van der Waals surface area contributed by atoms with E-state index in [0.717, 1.165) is 18.8 Å². The van der Waals surface area contributed by atoms with Crippen LogP contribution in [0.2, 0.25) is 0 Å². The van der Waals surface area contributed by atoms with Crippen molar-refractivity contribution in [2.75, 3.05) is 38.6 Å². The molecule has 0 saturated heterocycles. The maximum atomic E-state index is 10.8. The van der Waals surface area contributed by atoms with Crippen LogP contribution in [-0.4, -0.2) is 49.7 Å². The van der Waals surface area contributed by atoms with Gasteiger partial charge in [0.2, 0.25) is 0 Å². The quantitative estimate of drug-likeness (QED) is 0.819. The molecule has 1 aromatic rings. The number of anilines is 1. The fourth-order valence-corrected chi connectivity index (χ4v) is 1.98. The number of aliphatic carboxylic acids is 1. The second kappa shape index (κ2) is 7.14. The smallest absolute Gasteiger partial charge is 0.305 e. The molecule has 0 amide bonds. The lowest BCUT2D eigenvalue weighted by Crippen LogP contribution is -2.34. The van der Waals surface area contributed by atoms with Crippen molar-refractivity contribution in [1.29, 1.82) is 0 Å². The summed E-state index contributed by atoms with van der Waals surface area (Å²) < 4.78 is 0. The van der Waals surface area contributed by atoms with Crippen LogP contribution >= 0.6 is 0 Å². The molecule has 1 aromatic carbocycles. The Labute approximate surface area is 115 Å². The van der Waals surface area contributed by atoms with Crippen molar-refractivity contribution in [2.24, 2.45) is 0 Å². The molecule has 0 fully saturated rings. The van der Waals surface area contributed by atoms with Crippen LogP contribution in [0.1, 0.15) is 17.5 Å². The summed E-state index contributed by atoms with van der Waals surface area (Å²) in [5.74, 6) is -0.750. The van der Waals surface area contributed by atoms with Gasteiger partial charge in [-0.2, -0.15) is 0 Å². The third-order valence-electron chi connectivity index (χ3n) is 3.33. The molecule has 1 rings (SSSR count). The van der Waals surface area contributed by atoms with Crippen molar-refractivity contribution in [3.63, 3.8) is 0 Å². The molecule has 0 radical (unpaired) electrons. The van der Waals surface area contributed by atoms with E-state index < -0.39 is 5.97 Å². The monoisotopic (exact) mass is 264 g/mol. The van der Waals surface area contributed by atoms with Gasteiger partial charge in [0.1, 0.15) is 0 Å². The van der Waals surface area contributed by atoms with Gasteiger partial charge in [-0.25, -0.2) is 0 Å². The Morgan fingerprint density at radius 2 is 1.84 bits per heavy atom. The van der Waals surface area contributed by atoms with E-state index in [1.165, 1.54) is 11.1 Å². The van der Waals surface area contributed by atoms with Crippen molar-refractivity contribution < 1.29 is 9.90 Å². The van der Waals surface area contributed by atoms with Crippen molar-refractivity contribution in [3.8, 4) is 0 Å². The minimum Gasteiger partial charge on any atom is -0.481 e. The van der Waals surface area contributed by atoms with Crippen LogP contribution in [0.5, 0.6) is 0 Å². The number of rotatable bonds is 7. The average Bonchev–Trinajstić information content (AvgIpc) is 2.33. The van der Waals surface area contributed by atoms with Gasteiger partial charge in [0.05, 0.1) is 6.42 Å². The predicted octanol–water partition coefficient (Wildman–Crippen LogP) is 2.15. The molecule has 0 aliphatic rings. The first-order valence-corrected chi connectivity index (χ1v) is 6.59. The number of nitrogens with zero attached hydrogens (tertiary/aromatic N) is 2. The first kappa shape index (κ1) is 15.5. The van der Waals surface area contributed by atoms with Crippen LogP contribution in [0.15, 0.2) is 18.2 Å². The Hall–Kier alpha value is -1.55. The summed E-state index contributed by atoms with van der Waals surface area (Å²) >= 11 is 0. The molecule has 0 aromatic heterocycles. The summed E-state index contributed by atoms with van der Waals surface area (Å²) in [5, 5.41) is 8.87. The van der Waals surface area contributed by atoms with Gasteiger partial charge in [-0.3, -0.25) is 4.79 Å². The van der Waals surface area contributed by atoms with E-state index in [4.69, 9.17) is 5.11 Å². The van der Waals surface area contributed by atoms with E-state index in [1.807, 2.05) is 20.2 Å². The summed E-state index contributed by atoms with van der Waals surface area (Å²) in [6, 6.07) is 6.18. The van der Waals surface area contributed by atoms with E-state index in [2.05, 4.69) is 35.8 Å². The van der Waals surface area contributed by atoms with Gasteiger partial charge in [0.15, 0.2) is 0 Å². The number of carboxylic acid groups (broad SMARTS) is 1. The molecule has 4 heteroatoms. The van der Waals surface area contributed by atoms with Gasteiger partial charge in [-0.15, -0.1) is 0 Å². The largest absolute Gasteiger partial charge is 0.481 e. The van der Waals surface area contributed by atoms with E-state index in [0.29, 0.717) is 6.54 Å². The topological polar surface area (TPSA) is 43.8 Å². The first-order chi connectivity index (χ1) is 8.91. The van der Waals surface area contributed by atoms with Crippen LogP contribution in [0, 0.1) is 13.8 Å². The fourth-order valence-electron chi connectivity index (χ4n) is 1.98. The Bertz CT molecular complexity index is 430. The van der Waals surface area contributed by atoms with E-state index in [-0.39, 0.29) is 6.42 Å². The highest BCUT2D eigenvalue weighted by Crippen LogP contribution is 2.22. The Kier molecular flexibility index (Phi) is 5.83. The van der Waals surface area contributed by atoms with Crippen molar-refractivity contribution >= 4 is 11.7 Å². The maximum Gasteiger partial charge on any atom is 0.305 e.